The first-order chi connectivity index (χ1) is 21.2. The Labute approximate surface area is 264 Å². The van der Waals surface area contributed by atoms with E-state index in [1.807, 2.05) is 12.1 Å². The lowest BCUT2D eigenvalue weighted by molar-refractivity contribution is -0.274. The van der Waals surface area contributed by atoms with E-state index in [2.05, 4.69) is 14.4 Å². The smallest absolute Gasteiger partial charge is 0.487 e. The predicted octanol–water partition coefficient (Wildman–Crippen LogP) is 6.83. The average Bonchev–Trinajstić information content (AvgIpc) is 3.81. The van der Waals surface area contributed by atoms with E-state index >= 15 is 0 Å². The van der Waals surface area contributed by atoms with E-state index in [4.69, 9.17) is 9.47 Å². The zero-order valence-electron chi connectivity index (χ0n) is 23.7. The lowest BCUT2D eigenvalue weighted by Crippen LogP contribution is -2.46. The van der Waals surface area contributed by atoms with Crippen LogP contribution in [-0.4, -0.2) is 46.6 Å². The number of hydrogen-bond donors (Lipinski definition) is 1. The van der Waals surface area contributed by atoms with E-state index in [1.165, 1.54) is 6.07 Å². The number of sulfonamides is 1. The van der Waals surface area contributed by atoms with Gasteiger partial charge in [0, 0.05) is 38.2 Å². The molecule has 3 fully saturated rings. The summed E-state index contributed by atoms with van der Waals surface area (Å²) in [5.41, 5.74) is 1.78. The topological polar surface area (TPSA) is 86.8 Å². The number of nitrogens with one attached hydrogen (secondary N) is 1. The lowest BCUT2D eigenvalue weighted by atomic mass is 9.83. The number of aromatic nitrogens is 1. The standard InChI is InChI=1S/C32H32F3IN2O5S/c33-32(34,35)43-26-8-2-1-7-24(26)28-25(31(20-10-11-20)42-18-36-28)17-41-23-15-21-12-13-22(16-23)29(21)38-44(39,40)27-9-3-5-19-6-4-14-37-30(19)27/h1-9,14,20-23,29,38H,10-13,15-18H2. The monoisotopic (exact) mass is 740 g/mol. The van der Waals surface area contributed by atoms with Crippen LogP contribution in [0.4, 0.5) is 13.2 Å². The first kappa shape index (κ1) is 30.1. The molecular formula is C32H32F3IN2O5S. The van der Waals surface area contributed by atoms with Crippen LogP contribution < -0.4 is 9.46 Å². The number of alkyl halides is 4. The molecule has 2 aromatic carbocycles. The number of allylic oxidation sites excluding steroid dienone is 1. The summed E-state index contributed by atoms with van der Waals surface area (Å²) in [7, 11) is -3.79. The highest BCUT2D eigenvalue weighted by atomic mass is 127. The fourth-order valence-electron chi connectivity index (χ4n) is 6.90. The molecule has 1 aliphatic heterocycles. The molecule has 0 spiro atoms. The van der Waals surface area contributed by atoms with Crippen molar-refractivity contribution < 1.29 is 35.8 Å². The molecule has 234 valence electrons. The first-order valence-electron chi connectivity index (χ1n) is 14.8. The minimum absolute atomic E-state index is 0.0801. The molecule has 3 aromatic rings. The van der Waals surface area contributed by atoms with Crippen LogP contribution in [0.15, 0.2) is 77.0 Å². The maximum atomic E-state index is 13.6. The number of halogens is 4. The minimum atomic E-state index is -4.79. The molecule has 44 heavy (non-hydrogen) atoms. The van der Waals surface area contributed by atoms with E-state index in [0.29, 0.717) is 28.5 Å². The summed E-state index contributed by atoms with van der Waals surface area (Å²) < 4.78 is 88.3. The highest BCUT2D eigenvalue weighted by molar-refractivity contribution is 14.2. The quantitative estimate of drug-likeness (QED) is 0.191. The second-order valence-corrected chi connectivity index (χ2v) is 16.0. The van der Waals surface area contributed by atoms with Crippen molar-refractivity contribution in [2.24, 2.45) is 17.8 Å². The molecule has 2 unspecified atom stereocenters. The van der Waals surface area contributed by atoms with Gasteiger partial charge in [0.05, 0.1) is 18.2 Å². The molecule has 0 radical (unpaired) electrons. The number of fused-ring (bicyclic) bond motifs is 3. The minimum Gasteiger partial charge on any atom is -0.487 e. The van der Waals surface area contributed by atoms with Gasteiger partial charge in [0.1, 0.15) is 21.0 Å². The van der Waals surface area contributed by atoms with Crippen molar-refractivity contribution in [3.05, 3.63) is 77.7 Å². The molecule has 2 bridgehead atoms. The summed E-state index contributed by atoms with van der Waals surface area (Å²) in [6.45, 7) is 0.253. The molecule has 3 aliphatic carbocycles. The number of benzene rings is 2. The largest absolute Gasteiger partial charge is 0.573 e. The van der Waals surface area contributed by atoms with Gasteiger partial charge in [0.15, 0.2) is 0 Å². The number of para-hydroxylation sites is 2. The first-order valence-corrected chi connectivity index (χ1v) is 18.9. The molecule has 1 N–H and O–H groups in total. The molecule has 12 heteroatoms. The molecule has 7 nitrogen and oxygen atoms in total. The van der Waals surface area contributed by atoms with Crippen LogP contribution in [0.5, 0.6) is 5.75 Å². The van der Waals surface area contributed by atoms with Crippen molar-refractivity contribution in [3.63, 3.8) is 0 Å². The Morgan fingerprint density at radius 2 is 1.73 bits per heavy atom. The third-order valence-corrected chi connectivity index (χ3v) is 13.1. The Hall–Kier alpha value is -2.55. The van der Waals surface area contributed by atoms with Crippen LogP contribution in [0, 0.1) is 17.8 Å². The van der Waals surface area contributed by atoms with Crippen LogP contribution in [-0.2, 0) is 19.5 Å². The normalized spacial score (nSPS) is 25.8. The van der Waals surface area contributed by atoms with Crippen molar-refractivity contribution in [3.8, 4) is 5.75 Å². The van der Waals surface area contributed by atoms with Crippen LogP contribution in [0.25, 0.3) is 10.9 Å². The lowest BCUT2D eigenvalue weighted by Gasteiger charge is -2.36. The molecule has 2 atom stereocenters. The summed E-state index contributed by atoms with van der Waals surface area (Å²) in [6, 6.07) is 15.0. The van der Waals surface area contributed by atoms with E-state index < -0.39 is 37.1 Å². The number of pyridine rings is 1. The van der Waals surface area contributed by atoms with E-state index in [0.717, 1.165) is 45.9 Å². The maximum absolute atomic E-state index is 13.6. The summed E-state index contributed by atoms with van der Waals surface area (Å²) in [6.07, 6.45) is 1.96. The molecular weight excluding hydrogens is 708 g/mol. The maximum Gasteiger partial charge on any atom is 0.573 e. The molecule has 0 amide bonds. The fraction of sp³-hybridized carbons (Fsp3) is 0.438. The van der Waals surface area contributed by atoms with Crippen molar-refractivity contribution in [1.82, 2.24) is 9.71 Å². The van der Waals surface area contributed by atoms with Gasteiger partial charge in [-0.15, -0.1) is 13.2 Å². The Balaban J connectivity index is 1.07. The molecule has 2 heterocycles. The SMILES string of the molecule is O=S(=O)(NC1C2CCC1CC(OCC1=C(C3CC3)OCI=C1c1ccccc1OC(F)(F)F)C2)c1cccc2cccnc12. The van der Waals surface area contributed by atoms with Crippen molar-refractivity contribution >= 4 is 45.2 Å². The summed E-state index contributed by atoms with van der Waals surface area (Å²) in [5.74, 6) is 1.19. The number of nitrogens with zero attached hydrogens (tertiary/aromatic N) is 1. The van der Waals surface area contributed by atoms with Gasteiger partial charge in [-0.3, -0.25) is 4.98 Å². The zero-order valence-corrected chi connectivity index (χ0v) is 26.7. The molecule has 7 rings (SSSR count). The van der Waals surface area contributed by atoms with Gasteiger partial charge in [-0.1, -0.05) is 57.1 Å². The van der Waals surface area contributed by atoms with Gasteiger partial charge in [0.25, 0.3) is 0 Å². The van der Waals surface area contributed by atoms with Crippen molar-refractivity contribution in [2.45, 2.75) is 61.9 Å². The Morgan fingerprint density at radius 1 is 0.977 bits per heavy atom. The van der Waals surface area contributed by atoms with Gasteiger partial charge >= 0.3 is 6.36 Å². The average molecular weight is 741 g/mol. The Kier molecular flexibility index (Phi) is 8.21. The summed E-state index contributed by atoms with van der Waals surface area (Å²) in [4.78, 5) is 4.52. The van der Waals surface area contributed by atoms with Crippen LogP contribution >= 0.6 is 20.7 Å². The van der Waals surface area contributed by atoms with Gasteiger partial charge in [0.2, 0.25) is 10.0 Å². The molecule has 3 saturated carbocycles. The second-order valence-electron chi connectivity index (χ2n) is 11.8. The summed E-state index contributed by atoms with van der Waals surface area (Å²) >= 11 is -0.723. The van der Waals surface area contributed by atoms with Crippen molar-refractivity contribution in [1.29, 1.82) is 0 Å². The van der Waals surface area contributed by atoms with Gasteiger partial charge < -0.3 is 14.2 Å². The summed E-state index contributed by atoms with van der Waals surface area (Å²) in [5, 5.41) is 0.771. The number of ether oxygens (including phenoxy) is 3. The zero-order chi connectivity index (χ0) is 30.5. The van der Waals surface area contributed by atoms with Gasteiger partial charge in [-0.2, -0.15) is 0 Å². The highest BCUT2D eigenvalue weighted by Gasteiger charge is 2.45. The highest BCUT2D eigenvalue weighted by Crippen LogP contribution is 2.46. The van der Waals surface area contributed by atoms with E-state index in [-0.39, 0.29) is 47.2 Å². The molecule has 0 saturated heterocycles. The van der Waals surface area contributed by atoms with Crippen LogP contribution in [0.1, 0.15) is 44.1 Å². The van der Waals surface area contributed by atoms with E-state index in [1.54, 1.807) is 42.6 Å². The van der Waals surface area contributed by atoms with Crippen LogP contribution in [0.2, 0.25) is 0 Å². The number of rotatable bonds is 9. The van der Waals surface area contributed by atoms with Gasteiger partial charge in [-0.05, 0) is 68.6 Å². The second kappa shape index (κ2) is 12.0. The van der Waals surface area contributed by atoms with Gasteiger partial charge in [-0.25, -0.2) is 13.1 Å². The molecule has 1 aromatic heterocycles. The predicted molar refractivity (Wildman–Crippen MR) is 168 cm³/mol. The van der Waals surface area contributed by atoms with E-state index in [9.17, 15) is 21.6 Å². The Bertz CT molecular complexity index is 1720. The number of hydrogen-bond acceptors (Lipinski definition) is 6. The van der Waals surface area contributed by atoms with Crippen LogP contribution in [0.3, 0.4) is 0 Å². The molecule has 4 aliphatic rings. The third-order valence-electron chi connectivity index (χ3n) is 8.95. The van der Waals surface area contributed by atoms with Crippen molar-refractivity contribution in [2.75, 3.05) is 11.2 Å². The fourth-order valence-corrected chi connectivity index (χ4v) is 11.0. The third kappa shape index (κ3) is 6.27. The Morgan fingerprint density at radius 3 is 2.48 bits per heavy atom.